The second-order valence-corrected chi connectivity index (χ2v) is 10.0. The van der Waals surface area contributed by atoms with Crippen molar-refractivity contribution in [3.63, 3.8) is 0 Å². The van der Waals surface area contributed by atoms with Crippen LogP contribution in [0, 0.1) is 10.1 Å². The molecular formula is C23H26N6O7S. The lowest BCUT2D eigenvalue weighted by molar-refractivity contribution is -0.385. The zero-order chi connectivity index (χ0) is 25.9. The summed E-state index contributed by atoms with van der Waals surface area (Å²) in [5.41, 5.74) is 0.619. The first-order chi connectivity index (χ1) is 17.9. The average molecular weight is 531 g/mol. The first-order valence-corrected chi connectivity index (χ1v) is 12.9. The van der Waals surface area contributed by atoms with Crippen molar-refractivity contribution < 1.29 is 26.8 Å². The van der Waals surface area contributed by atoms with Crippen LogP contribution in [0.3, 0.4) is 0 Å². The van der Waals surface area contributed by atoms with E-state index in [0.29, 0.717) is 43.4 Å². The predicted molar refractivity (Wildman–Crippen MR) is 131 cm³/mol. The molecule has 2 aliphatic rings. The molecule has 0 aliphatic carbocycles. The zero-order valence-electron chi connectivity index (χ0n) is 20.3. The van der Waals surface area contributed by atoms with Crippen molar-refractivity contribution in [1.82, 2.24) is 20.1 Å². The van der Waals surface area contributed by atoms with Crippen LogP contribution in [0.4, 0.5) is 11.5 Å². The molecule has 0 spiro atoms. The first-order valence-electron chi connectivity index (χ1n) is 11.9. The number of ether oxygens (including phenoxy) is 1. The summed E-state index contributed by atoms with van der Waals surface area (Å²) in [6.45, 7) is 5.62. The molecule has 3 aromatic rings. The highest BCUT2D eigenvalue weighted by molar-refractivity contribution is 7.75. The Kier molecular flexibility index (Phi) is 7.39. The number of anilines is 1. The van der Waals surface area contributed by atoms with Crippen LogP contribution in [0.1, 0.15) is 61.7 Å². The van der Waals surface area contributed by atoms with E-state index in [9.17, 15) is 14.3 Å². The quantitative estimate of drug-likeness (QED) is 0.322. The van der Waals surface area contributed by atoms with Crippen molar-refractivity contribution in [2.75, 3.05) is 31.2 Å². The monoisotopic (exact) mass is 530 g/mol. The van der Waals surface area contributed by atoms with Crippen LogP contribution in [0.15, 0.2) is 35.1 Å². The number of aromatic nitrogens is 4. The van der Waals surface area contributed by atoms with E-state index in [2.05, 4.69) is 20.1 Å². The Balaban J connectivity index is 1.29. The van der Waals surface area contributed by atoms with Crippen LogP contribution in [0.25, 0.3) is 0 Å². The summed E-state index contributed by atoms with van der Waals surface area (Å²) < 4.78 is 32.5. The molecule has 4 heterocycles. The van der Waals surface area contributed by atoms with Crippen LogP contribution < -0.4 is 9.64 Å². The van der Waals surface area contributed by atoms with Gasteiger partial charge in [-0.1, -0.05) is 31.1 Å². The van der Waals surface area contributed by atoms with E-state index >= 15 is 0 Å². The molecule has 0 atom stereocenters. The van der Waals surface area contributed by atoms with Crippen LogP contribution in [0.2, 0.25) is 0 Å². The maximum Gasteiger partial charge on any atom is 0.373 e. The van der Waals surface area contributed by atoms with Gasteiger partial charge < -0.3 is 14.2 Å². The third-order valence-corrected chi connectivity index (χ3v) is 7.02. The standard InChI is InChI=1S/C23H26N6O7S/c1-14(2)20-26-22(36-27-20)16-7-9-28(10-8-16)21-19(29(30)31)23(25-13-24-21)35-18-5-3-15(4-6-18)17-11-33-37(32)34-12-17/h3-6,13-14,16-17H,7-12H2,1-2H3/t17-,37+. The van der Waals surface area contributed by atoms with E-state index < -0.39 is 16.3 Å². The maximum absolute atomic E-state index is 12.0. The Morgan fingerprint density at radius 3 is 2.43 bits per heavy atom. The van der Waals surface area contributed by atoms with Gasteiger partial charge in [-0.2, -0.15) is 14.2 Å². The van der Waals surface area contributed by atoms with Gasteiger partial charge >= 0.3 is 22.9 Å². The molecule has 0 amide bonds. The second kappa shape index (κ2) is 10.9. The molecule has 196 valence electrons. The van der Waals surface area contributed by atoms with Gasteiger partial charge in [-0.3, -0.25) is 18.5 Å². The van der Waals surface area contributed by atoms with E-state index in [4.69, 9.17) is 17.6 Å². The normalized spacial score (nSPS) is 20.8. The van der Waals surface area contributed by atoms with Gasteiger partial charge in [-0.15, -0.1) is 0 Å². The molecule has 2 saturated heterocycles. The molecule has 5 rings (SSSR count). The van der Waals surface area contributed by atoms with Crippen molar-refractivity contribution in [2.24, 2.45) is 0 Å². The van der Waals surface area contributed by atoms with Gasteiger partial charge in [-0.05, 0) is 30.5 Å². The molecule has 14 heteroatoms. The SMILES string of the molecule is CC(C)c1noc(C2CCN(c3ncnc(Oc4ccc([C@H]5CO[S@@](=O)OC5)cc4)c3[N+](=O)[O-])CC2)n1. The number of nitrogens with zero attached hydrogens (tertiary/aromatic N) is 6. The largest absolute Gasteiger partial charge is 0.434 e. The van der Waals surface area contributed by atoms with Crippen LogP contribution in [0.5, 0.6) is 11.6 Å². The third kappa shape index (κ3) is 5.60. The van der Waals surface area contributed by atoms with Gasteiger partial charge in [-0.25, -0.2) is 4.98 Å². The molecule has 2 aliphatic heterocycles. The third-order valence-electron chi connectivity index (χ3n) is 6.37. The molecule has 37 heavy (non-hydrogen) atoms. The second-order valence-electron chi connectivity index (χ2n) is 9.16. The Morgan fingerprint density at radius 1 is 1.11 bits per heavy atom. The van der Waals surface area contributed by atoms with Gasteiger partial charge in [0, 0.05) is 30.8 Å². The first kappa shape index (κ1) is 25.2. The summed E-state index contributed by atoms with van der Waals surface area (Å²) in [6, 6.07) is 6.99. The summed E-state index contributed by atoms with van der Waals surface area (Å²) in [5.74, 6) is 1.94. The van der Waals surface area contributed by atoms with Crippen molar-refractivity contribution in [1.29, 1.82) is 0 Å². The van der Waals surface area contributed by atoms with Crippen molar-refractivity contribution in [2.45, 2.75) is 44.4 Å². The van der Waals surface area contributed by atoms with Crippen LogP contribution in [-0.2, 0) is 19.7 Å². The van der Waals surface area contributed by atoms with E-state index in [1.165, 1.54) is 6.33 Å². The minimum Gasteiger partial charge on any atom is -0.434 e. The number of hydrogen-bond acceptors (Lipinski definition) is 12. The van der Waals surface area contributed by atoms with Gasteiger partial charge in [0.05, 0.1) is 18.1 Å². The summed E-state index contributed by atoms with van der Waals surface area (Å²) in [4.78, 5) is 26.2. The summed E-state index contributed by atoms with van der Waals surface area (Å²) >= 11 is -1.71. The molecular weight excluding hydrogens is 504 g/mol. The molecule has 13 nitrogen and oxygen atoms in total. The fourth-order valence-corrected chi connectivity index (χ4v) is 4.89. The molecule has 0 saturated carbocycles. The Hall–Kier alpha value is -3.49. The smallest absolute Gasteiger partial charge is 0.373 e. The Morgan fingerprint density at radius 2 is 1.81 bits per heavy atom. The highest BCUT2D eigenvalue weighted by Crippen LogP contribution is 2.39. The van der Waals surface area contributed by atoms with Gasteiger partial charge in [0.25, 0.3) is 0 Å². The maximum atomic E-state index is 12.0. The van der Waals surface area contributed by atoms with E-state index in [1.807, 2.05) is 30.9 Å². The topological polar surface area (TPSA) is 156 Å². The van der Waals surface area contributed by atoms with Crippen molar-refractivity contribution in [3.05, 3.63) is 58.0 Å². The number of piperidine rings is 1. The summed E-state index contributed by atoms with van der Waals surface area (Å²) in [7, 11) is 0. The van der Waals surface area contributed by atoms with E-state index in [1.54, 1.807) is 12.1 Å². The summed E-state index contributed by atoms with van der Waals surface area (Å²) in [6.07, 6.45) is 2.66. The lowest BCUT2D eigenvalue weighted by Crippen LogP contribution is -2.34. The highest BCUT2D eigenvalue weighted by atomic mass is 32.2. The number of rotatable bonds is 7. The lowest BCUT2D eigenvalue weighted by Gasteiger charge is -2.30. The summed E-state index contributed by atoms with van der Waals surface area (Å²) in [5, 5.41) is 16.1. The van der Waals surface area contributed by atoms with E-state index in [-0.39, 0.29) is 48.4 Å². The minimum atomic E-state index is -1.71. The zero-order valence-corrected chi connectivity index (χ0v) is 21.1. The van der Waals surface area contributed by atoms with Crippen molar-refractivity contribution in [3.8, 4) is 11.6 Å². The average Bonchev–Trinajstić information content (AvgIpc) is 3.40. The molecule has 1 aromatic carbocycles. The Bertz CT molecular complexity index is 1270. The minimum absolute atomic E-state index is 0.0706. The number of nitro groups is 1. The molecule has 0 radical (unpaired) electrons. The van der Waals surface area contributed by atoms with Gasteiger partial charge in [0.2, 0.25) is 11.7 Å². The number of hydrogen-bond donors (Lipinski definition) is 0. The van der Waals surface area contributed by atoms with Crippen molar-refractivity contribution >= 4 is 22.9 Å². The molecule has 0 bridgehead atoms. The van der Waals surface area contributed by atoms with Crippen LogP contribution >= 0.6 is 0 Å². The van der Waals surface area contributed by atoms with Gasteiger partial charge in [0.15, 0.2) is 5.82 Å². The fraction of sp³-hybridized carbons (Fsp3) is 0.478. The predicted octanol–water partition coefficient (Wildman–Crippen LogP) is 3.78. The number of benzene rings is 1. The lowest BCUT2D eigenvalue weighted by atomic mass is 9.96. The van der Waals surface area contributed by atoms with E-state index in [0.717, 1.165) is 5.56 Å². The van der Waals surface area contributed by atoms with Gasteiger partial charge in [0.1, 0.15) is 12.1 Å². The Labute approximate surface area is 215 Å². The molecule has 2 aromatic heterocycles. The molecule has 0 unspecified atom stereocenters. The highest BCUT2D eigenvalue weighted by Gasteiger charge is 2.33. The fourth-order valence-electron chi connectivity index (χ4n) is 4.28. The molecule has 0 N–H and O–H groups in total. The van der Waals surface area contributed by atoms with Crippen LogP contribution in [-0.4, -0.2) is 55.5 Å². The molecule has 2 fully saturated rings.